The lowest BCUT2D eigenvalue weighted by molar-refractivity contribution is 0.0581. The molecule has 1 fully saturated rings. The van der Waals surface area contributed by atoms with Gasteiger partial charge in [0.15, 0.2) is 0 Å². The first-order chi connectivity index (χ1) is 11.7. The molecular formula is C20H33N3O2. The number of amides is 1. The Kier molecular flexibility index (Phi) is 6.44. The summed E-state index contributed by atoms with van der Waals surface area (Å²) in [6.45, 7) is 13.7. The minimum Gasteiger partial charge on any atom is -0.443 e. The molecule has 0 bridgehead atoms. The van der Waals surface area contributed by atoms with Crippen LogP contribution in [-0.4, -0.2) is 40.7 Å². The van der Waals surface area contributed by atoms with Gasteiger partial charge in [-0.3, -0.25) is 9.80 Å². The molecule has 1 aromatic heterocycles. The molecule has 0 spiro atoms. The van der Waals surface area contributed by atoms with Gasteiger partial charge in [-0.25, -0.2) is 9.78 Å². The summed E-state index contributed by atoms with van der Waals surface area (Å²) in [6.07, 6.45) is 5.27. The molecule has 2 rings (SSSR count). The Hall–Kier alpha value is -1.62. The number of piperidine rings is 1. The highest BCUT2D eigenvalue weighted by Gasteiger charge is 2.27. The first kappa shape index (κ1) is 19.7. The van der Waals surface area contributed by atoms with Gasteiger partial charge in [-0.2, -0.15) is 0 Å². The van der Waals surface area contributed by atoms with Gasteiger partial charge in [-0.05, 0) is 72.6 Å². The summed E-state index contributed by atoms with van der Waals surface area (Å²) >= 11 is 0. The average molecular weight is 348 g/mol. The molecule has 0 aromatic carbocycles. The molecule has 1 aliphatic rings. The van der Waals surface area contributed by atoms with E-state index in [0.717, 1.165) is 6.54 Å². The summed E-state index contributed by atoms with van der Waals surface area (Å²) in [5.74, 6) is 0.646. The predicted octanol–water partition coefficient (Wildman–Crippen LogP) is 4.78. The van der Waals surface area contributed by atoms with E-state index in [0.29, 0.717) is 24.4 Å². The Morgan fingerprint density at radius 2 is 2.08 bits per heavy atom. The number of pyridine rings is 1. The fraction of sp³-hybridized carbons (Fsp3) is 0.700. The van der Waals surface area contributed by atoms with Gasteiger partial charge in [-0.1, -0.05) is 12.5 Å². The van der Waals surface area contributed by atoms with Crippen LogP contribution in [0.25, 0.3) is 0 Å². The third kappa shape index (κ3) is 5.18. The van der Waals surface area contributed by atoms with Crippen molar-refractivity contribution in [2.45, 2.75) is 78.5 Å². The van der Waals surface area contributed by atoms with Crippen molar-refractivity contribution in [3.63, 3.8) is 0 Å². The highest BCUT2D eigenvalue weighted by atomic mass is 16.6. The van der Waals surface area contributed by atoms with Crippen LogP contribution in [0.15, 0.2) is 18.3 Å². The van der Waals surface area contributed by atoms with Crippen molar-refractivity contribution in [1.29, 1.82) is 0 Å². The van der Waals surface area contributed by atoms with E-state index < -0.39 is 5.60 Å². The van der Waals surface area contributed by atoms with Crippen molar-refractivity contribution in [2.24, 2.45) is 0 Å². The molecular weight excluding hydrogens is 314 g/mol. The van der Waals surface area contributed by atoms with Crippen molar-refractivity contribution >= 4 is 11.9 Å². The zero-order valence-electron chi connectivity index (χ0n) is 16.6. The topological polar surface area (TPSA) is 45.7 Å². The van der Waals surface area contributed by atoms with Crippen molar-refractivity contribution in [3.05, 3.63) is 23.9 Å². The molecule has 0 N–H and O–H groups in total. The zero-order chi connectivity index (χ0) is 18.6. The van der Waals surface area contributed by atoms with Crippen molar-refractivity contribution < 1.29 is 9.53 Å². The van der Waals surface area contributed by atoms with Crippen molar-refractivity contribution in [3.8, 4) is 0 Å². The number of ether oxygens (including phenoxy) is 1. The largest absolute Gasteiger partial charge is 0.443 e. The maximum Gasteiger partial charge on any atom is 0.415 e. The molecule has 5 nitrogen and oxygen atoms in total. The van der Waals surface area contributed by atoms with Crippen LogP contribution in [0.1, 0.15) is 72.4 Å². The number of hydrogen-bond donors (Lipinski definition) is 0. The summed E-state index contributed by atoms with van der Waals surface area (Å²) in [5, 5.41) is 0. The molecule has 0 radical (unpaired) electrons. The van der Waals surface area contributed by atoms with Crippen LogP contribution in [0.2, 0.25) is 0 Å². The lowest BCUT2D eigenvalue weighted by atomic mass is 9.95. The number of likely N-dealkylation sites (tertiary alicyclic amines) is 1. The van der Waals surface area contributed by atoms with E-state index in [1.54, 1.807) is 4.90 Å². The number of carbonyl (C=O) groups is 1. The number of aromatic nitrogens is 1. The predicted molar refractivity (Wildman–Crippen MR) is 102 cm³/mol. The Labute approximate surface area is 152 Å². The first-order valence-corrected chi connectivity index (χ1v) is 9.45. The monoisotopic (exact) mass is 347 g/mol. The van der Waals surface area contributed by atoms with Gasteiger partial charge in [0.25, 0.3) is 0 Å². The van der Waals surface area contributed by atoms with Gasteiger partial charge >= 0.3 is 6.09 Å². The van der Waals surface area contributed by atoms with Gasteiger partial charge in [-0.15, -0.1) is 0 Å². The normalized spacial score (nSPS) is 19.1. The molecule has 1 unspecified atom stereocenters. The van der Waals surface area contributed by atoms with E-state index in [2.05, 4.69) is 29.8 Å². The van der Waals surface area contributed by atoms with E-state index in [4.69, 9.17) is 4.74 Å². The lowest BCUT2D eigenvalue weighted by Gasteiger charge is -2.38. The second kappa shape index (κ2) is 8.17. The smallest absolute Gasteiger partial charge is 0.415 e. The maximum atomic E-state index is 12.4. The molecule has 5 heteroatoms. The highest BCUT2D eigenvalue weighted by molar-refractivity contribution is 5.86. The second-order valence-electron chi connectivity index (χ2n) is 8.02. The van der Waals surface area contributed by atoms with E-state index in [9.17, 15) is 4.79 Å². The zero-order valence-corrected chi connectivity index (χ0v) is 16.6. The van der Waals surface area contributed by atoms with Crippen LogP contribution >= 0.6 is 0 Å². The first-order valence-electron chi connectivity index (χ1n) is 9.45. The molecule has 1 amide bonds. The molecule has 25 heavy (non-hydrogen) atoms. The van der Waals surface area contributed by atoms with E-state index in [1.807, 2.05) is 40.0 Å². The SMILES string of the molecule is CCN(C(=O)OC(C)(C)C)c1ccc(C2CCCCN2C(C)C)cn1. The highest BCUT2D eigenvalue weighted by Crippen LogP contribution is 2.32. The van der Waals surface area contributed by atoms with Gasteiger partial charge in [0.05, 0.1) is 0 Å². The number of anilines is 1. The standard InChI is InChI=1S/C20H33N3O2/c1-7-22(19(24)25-20(4,5)6)18-12-11-16(14-21-18)17-10-8-9-13-23(17)15(2)3/h11-12,14-15,17H,7-10,13H2,1-6H3. The summed E-state index contributed by atoms with van der Waals surface area (Å²) in [7, 11) is 0. The van der Waals surface area contributed by atoms with Crippen LogP contribution in [0.3, 0.4) is 0 Å². The second-order valence-corrected chi connectivity index (χ2v) is 8.02. The van der Waals surface area contributed by atoms with Crippen LogP contribution in [0.5, 0.6) is 0 Å². The fourth-order valence-corrected chi connectivity index (χ4v) is 3.39. The summed E-state index contributed by atoms with van der Waals surface area (Å²) in [6, 6.07) is 5.00. The van der Waals surface area contributed by atoms with Crippen LogP contribution < -0.4 is 4.90 Å². The van der Waals surface area contributed by atoms with Crippen LogP contribution in [-0.2, 0) is 4.74 Å². The molecule has 1 aromatic rings. The Balaban J connectivity index is 2.16. The quantitative estimate of drug-likeness (QED) is 0.786. The number of rotatable bonds is 4. The minimum atomic E-state index is -0.510. The number of nitrogens with zero attached hydrogens (tertiary/aromatic N) is 3. The molecule has 0 saturated carbocycles. The van der Waals surface area contributed by atoms with Crippen LogP contribution in [0.4, 0.5) is 10.6 Å². The molecule has 1 saturated heterocycles. The fourth-order valence-electron chi connectivity index (χ4n) is 3.39. The summed E-state index contributed by atoms with van der Waals surface area (Å²) < 4.78 is 5.48. The summed E-state index contributed by atoms with van der Waals surface area (Å²) in [4.78, 5) is 21.1. The molecule has 140 valence electrons. The van der Waals surface area contributed by atoms with E-state index in [1.165, 1.54) is 24.8 Å². The Morgan fingerprint density at radius 3 is 2.60 bits per heavy atom. The number of hydrogen-bond acceptors (Lipinski definition) is 4. The van der Waals surface area contributed by atoms with Gasteiger partial charge in [0.2, 0.25) is 0 Å². The molecule has 0 aliphatic carbocycles. The van der Waals surface area contributed by atoms with Crippen molar-refractivity contribution in [1.82, 2.24) is 9.88 Å². The summed E-state index contributed by atoms with van der Waals surface area (Å²) in [5.41, 5.74) is 0.724. The number of carbonyl (C=O) groups excluding carboxylic acids is 1. The molecule has 1 atom stereocenters. The molecule has 1 aliphatic heterocycles. The molecule has 2 heterocycles. The third-order valence-corrected chi connectivity index (χ3v) is 4.57. The van der Waals surface area contributed by atoms with Gasteiger partial charge in [0.1, 0.15) is 11.4 Å². The van der Waals surface area contributed by atoms with Gasteiger partial charge in [0, 0.05) is 24.8 Å². The maximum absolute atomic E-state index is 12.4. The van der Waals surface area contributed by atoms with E-state index in [-0.39, 0.29) is 6.09 Å². The van der Waals surface area contributed by atoms with Crippen LogP contribution in [0, 0.1) is 0 Å². The third-order valence-electron chi connectivity index (χ3n) is 4.57. The average Bonchev–Trinajstić information content (AvgIpc) is 2.54. The van der Waals surface area contributed by atoms with Crippen molar-refractivity contribution in [2.75, 3.05) is 18.0 Å². The van der Waals surface area contributed by atoms with Gasteiger partial charge < -0.3 is 4.74 Å². The lowest BCUT2D eigenvalue weighted by Crippen LogP contribution is -2.39. The van der Waals surface area contributed by atoms with E-state index >= 15 is 0 Å². The Bertz CT molecular complexity index is 563. The Morgan fingerprint density at radius 1 is 1.36 bits per heavy atom. The minimum absolute atomic E-state index is 0.350.